The molecule has 0 amide bonds. The molecule has 0 radical (unpaired) electrons. The van der Waals surface area contributed by atoms with E-state index in [9.17, 15) is 0 Å². The van der Waals surface area contributed by atoms with Crippen molar-refractivity contribution in [3.8, 4) is 0 Å². The lowest BCUT2D eigenvalue weighted by molar-refractivity contribution is 0.0393. The number of hydrogen-bond donors (Lipinski definition) is 1. The van der Waals surface area contributed by atoms with Gasteiger partial charge in [0, 0.05) is 36.2 Å². The summed E-state index contributed by atoms with van der Waals surface area (Å²) in [5, 5.41) is 4.60. The smallest absolute Gasteiger partial charge is 0.0453 e. The molecular weight excluding hydrogens is 268 g/mol. The zero-order chi connectivity index (χ0) is 14.2. The van der Waals surface area contributed by atoms with Crippen LogP contribution in [-0.4, -0.2) is 29.6 Å². The summed E-state index contributed by atoms with van der Waals surface area (Å²) in [4.78, 5) is 2.69. The second-order valence-electron chi connectivity index (χ2n) is 6.69. The summed E-state index contributed by atoms with van der Waals surface area (Å²) in [6.07, 6.45) is 5.40. The molecule has 1 heterocycles. The van der Waals surface area contributed by atoms with E-state index in [1.165, 1.54) is 36.8 Å². The van der Waals surface area contributed by atoms with E-state index in [4.69, 9.17) is 11.6 Å². The molecule has 1 atom stereocenters. The van der Waals surface area contributed by atoms with Crippen LogP contribution >= 0.6 is 11.6 Å². The van der Waals surface area contributed by atoms with E-state index in [1.807, 2.05) is 0 Å². The minimum Gasteiger partial charge on any atom is -0.311 e. The quantitative estimate of drug-likeness (QED) is 0.893. The third-order valence-electron chi connectivity index (χ3n) is 5.05. The first-order valence-corrected chi connectivity index (χ1v) is 8.20. The summed E-state index contributed by atoms with van der Waals surface area (Å²) >= 11 is 6.44. The number of nitrogens with zero attached hydrogens (tertiary/aromatic N) is 1. The first kappa shape index (κ1) is 14.4. The Hall–Kier alpha value is -0.570. The van der Waals surface area contributed by atoms with Gasteiger partial charge in [-0.3, -0.25) is 4.90 Å². The van der Waals surface area contributed by atoms with Crippen molar-refractivity contribution in [1.29, 1.82) is 0 Å². The second kappa shape index (κ2) is 5.67. The fourth-order valence-electron chi connectivity index (χ4n) is 3.81. The third kappa shape index (κ3) is 2.74. The van der Waals surface area contributed by atoms with Crippen LogP contribution in [0.15, 0.2) is 18.2 Å². The van der Waals surface area contributed by atoms with Crippen molar-refractivity contribution >= 4 is 11.6 Å². The van der Waals surface area contributed by atoms with E-state index in [-0.39, 0.29) is 0 Å². The summed E-state index contributed by atoms with van der Waals surface area (Å²) in [6.45, 7) is 7.64. The van der Waals surface area contributed by atoms with E-state index >= 15 is 0 Å². The summed E-state index contributed by atoms with van der Waals surface area (Å²) in [7, 11) is 0. The molecule has 1 spiro atoms. The lowest BCUT2D eigenvalue weighted by Gasteiger charge is -2.48. The van der Waals surface area contributed by atoms with Gasteiger partial charge in [-0.25, -0.2) is 0 Å². The number of nitrogens with one attached hydrogen (secondary N) is 1. The van der Waals surface area contributed by atoms with Gasteiger partial charge in [-0.2, -0.15) is 0 Å². The highest BCUT2D eigenvalue weighted by molar-refractivity contribution is 6.31. The number of benzene rings is 1. The summed E-state index contributed by atoms with van der Waals surface area (Å²) < 4.78 is 0. The van der Waals surface area contributed by atoms with Crippen LogP contribution in [0.3, 0.4) is 0 Å². The fraction of sp³-hybridized carbons (Fsp3) is 0.647. The largest absolute Gasteiger partial charge is 0.311 e. The van der Waals surface area contributed by atoms with Crippen molar-refractivity contribution < 1.29 is 0 Å². The Kier molecular flexibility index (Phi) is 4.07. The molecule has 1 aromatic carbocycles. The molecule has 0 aromatic heterocycles. The topological polar surface area (TPSA) is 15.3 Å². The highest BCUT2D eigenvalue weighted by Gasteiger charge is 2.42. The molecule has 0 bridgehead atoms. The van der Waals surface area contributed by atoms with Gasteiger partial charge in [0.15, 0.2) is 0 Å². The van der Waals surface area contributed by atoms with Gasteiger partial charge in [0.05, 0.1) is 0 Å². The fourth-order valence-corrected chi connectivity index (χ4v) is 4.10. The average Bonchev–Trinajstić information content (AvgIpc) is 2.87. The molecule has 1 unspecified atom stereocenters. The maximum absolute atomic E-state index is 6.44. The molecule has 3 heteroatoms. The van der Waals surface area contributed by atoms with Gasteiger partial charge in [-0.05, 0) is 43.9 Å². The first-order chi connectivity index (χ1) is 9.59. The van der Waals surface area contributed by atoms with Gasteiger partial charge >= 0.3 is 0 Å². The van der Waals surface area contributed by atoms with E-state index in [0.717, 1.165) is 24.7 Å². The van der Waals surface area contributed by atoms with Crippen LogP contribution in [0.1, 0.15) is 43.7 Å². The monoisotopic (exact) mass is 292 g/mol. The van der Waals surface area contributed by atoms with Crippen molar-refractivity contribution in [2.24, 2.45) is 0 Å². The molecule has 2 aliphatic rings. The van der Waals surface area contributed by atoms with Crippen molar-refractivity contribution in [2.45, 2.75) is 57.7 Å². The molecule has 2 nitrogen and oxygen atoms in total. The van der Waals surface area contributed by atoms with Crippen LogP contribution in [0.4, 0.5) is 0 Å². The van der Waals surface area contributed by atoms with Gasteiger partial charge in [0.25, 0.3) is 0 Å². The number of rotatable bonds is 2. The first-order valence-electron chi connectivity index (χ1n) is 7.83. The second-order valence-corrected chi connectivity index (χ2v) is 7.10. The van der Waals surface area contributed by atoms with E-state index in [1.54, 1.807) is 0 Å². The van der Waals surface area contributed by atoms with Crippen LogP contribution in [0, 0.1) is 6.92 Å². The van der Waals surface area contributed by atoms with Gasteiger partial charge in [0.2, 0.25) is 0 Å². The molecule has 1 N–H and O–H groups in total. The van der Waals surface area contributed by atoms with Crippen LogP contribution in [0.2, 0.25) is 5.02 Å². The number of piperazine rings is 1. The Morgan fingerprint density at radius 1 is 1.35 bits per heavy atom. The highest BCUT2D eigenvalue weighted by atomic mass is 35.5. The molecule has 2 fully saturated rings. The standard InChI is InChI=1S/C17H25ClN2/c1-13-5-6-15(16(18)9-13)11-20-10-14(2)19-12-17(20)7-3-4-8-17/h5-6,9,14,19H,3-4,7-8,10-12H2,1-2H3. The lowest BCUT2D eigenvalue weighted by Crippen LogP contribution is -2.62. The molecule has 1 aliphatic carbocycles. The van der Waals surface area contributed by atoms with Crippen molar-refractivity contribution in [1.82, 2.24) is 10.2 Å². The highest BCUT2D eigenvalue weighted by Crippen LogP contribution is 2.38. The number of aryl methyl sites for hydroxylation is 1. The number of hydrogen-bond acceptors (Lipinski definition) is 2. The Bertz CT molecular complexity index is 480. The molecule has 1 saturated heterocycles. The molecule has 1 saturated carbocycles. The van der Waals surface area contributed by atoms with Crippen LogP contribution in [0.25, 0.3) is 0 Å². The van der Waals surface area contributed by atoms with Gasteiger partial charge in [-0.15, -0.1) is 0 Å². The SMILES string of the molecule is Cc1ccc(CN2CC(C)NCC23CCCC3)c(Cl)c1. The third-order valence-corrected chi connectivity index (χ3v) is 5.40. The van der Waals surface area contributed by atoms with Gasteiger partial charge in [-0.1, -0.05) is 36.6 Å². The van der Waals surface area contributed by atoms with Crippen molar-refractivity contribution in [2.75, 3.05) is 13.1 Å². The number of halogens is 1. The van der Waals surface area contributed by atoms with E-state index in [2.05, 4.69) is 42.3 Å². The zero-order valence-electron chi connectivity index (χ0n) is 12.6. The van der Waals surface area contributed by atoms with Crippen molar-refractivity contribution in [3.63, 3.8) is 0 Å². The van der Waals surface area contributed by atoms with Gasteiger partial charge in [0.1, 0.15) is 0 Å². The summed E-state index contributed by atoms with van der Waals surface area (Å²) in [5.74, 6) is 0. The Morgan fingerprint density at radius 2 is 2.10 bits per heavy atom. The average molecular weight is 293 g/mol. The van der Waals surface area contributed by atoms with Gasteiger partial charge < -0.3 is 5.32 Å². The Balaban J connectivity index is 1.82. The molecule has 20 heavy (non-hydrogen) atoms. The summed E-state index contributed by atoms with van der Waals surface area (Å²) in [6, 6.07) is 7.04. The van der Waals surface area contributed by atoms with Crippen LogP contribution in [0.5, 0.6) is 0 Å². The minimum absolute atomic E-state index is 0.376. The lowest BCUT2D eigenvalue weighted by atomic mass is 9.90. The molecule has 110 valence electrons. The normalized spacial score (nSPS) is 26.2. The van der Waals surface area contributed by atoms with Crippen molar-refractivity contribution in [3.05, 3.63) is 34.3 Å². The van der Waals surface area contributed by atoms with Crippen LogP contribution < -0.4 is 5.32 Å². The predicted octanol–water partition coefficient (Wildman–Crippen LogP) is 3.75. The van der Waals surface area contributed by atoms with E-state index < -0.39 is 0 Å². The Morgan fingerprint density at radius 3 is 2.80 bits per heavy atom. The molecule has 3 rings (SSSR count). The van der Waals surface area contributed by atoms with E-state index in [0.29, 0.717) is 11.6 Å². The maximum atomic E-state index is 6.44. The minimum atomic E-state index is 0.376. The van der Waals surface area contributed by atoms with Crippen LogP contribution in [-0.2, 0) is 6.54 Å². The molecular formula is C17H25ClN2. The molecule has 1 aliphatic heterocycles. The maximum Gasteiger partial charge on any atom is 0.0453 e. The summed E-state index contributed by atoms with van der Waals surface area (Å²) in [5.41, 5.74) is 2.89. The predicted molar refractivity (Wildman–Crippen MR) is 85.3 cm³/mol. The zero-order valence-corrected chi connectivity index (χ0v) is 13.3. The Labute approximate surface area is 127 Å². The molecule has 1 aromatic rings.